The summed E-state index contributed by atoms with van der Waals surface area (Å²) in [6, 6.07) is 8.11. The van der Waals surface area contributed by atoms with Gasteiger partial charge >= 0.3 is 5.97 Å². The maximum atomic E-state index is 11.2. The van der Waals surface area contributed by atoms with Gasteiger partial charge in [-0.25, -0.2) is 0 Å². The largest absolute Gasteiger partial charge is 0.481 e. The van der Waals surface area contributed by atoms with Gasteiger partial charge in [-0.15, -0.1) is 0 Å². The van der Waals surface area contributed by atoms with Crippen molar-refractivity contribution in [1.29, 1.82) is 0 Å². The average Bonchev–Trinajstić information content (AvgIpc) is 2.36. The van der Waals surface area contributed by atoms with E-state index in [9.17, 15) is 9.90 Å². The van der Waals surface area contributed by atoms with E-state index in [-0.39, 0.29) is 11.8 Å². The third-order valence-corrected chi connectivity index (χ3v) is 3.70. The number of fused-ring (bicyclic) bond motifs is 1. The van der Waals surface area contributed by atoms with Crippen LogP contribution in [-0.4, -0.2) is 16.1 Å². The van der Waals surface area contributed by atoms with Crippen LogP contribution >= 0.6 is 0 Å². The normalized spacial score (nSPS) is 12.1. The lowest BCUT2D eigenvalue weighted by atomic mass is 9.88. The molecule has 0 spiro atoms. The van der Waals surface area contributed by atoms with E-state index < -0.39 is 5.97 Å². The highest BCUT2D eigenvalue weighted by molar-refractivity contribution is 5.87. The molecule has 1 heterocycles. The molecule has 0 bridgehead atoms. The number of pyridine rings is 1. The number of carboxylic acids is 1. The third kappa shape index (κ3) is 3.41. The Morgan fingerprint density at radius 1 is 1.24 bits per heavy atom. The van der Waals surface area contributed by atoms with Crippen molar-refractivity contribution in [2.24, 2.45) is 0 Å². The smallest absolute Gasteiger partial charge is 0.307 e. The Morgan fingerprint density at radius 3 is 2.43 bits per heavy atom. The van der Waals surface area contributed by atoms with Gasteiger partial charge in [0.1, 0.15) is 0 Å². The number of nitrogens with zero attached hydrogens (tertiary/aromatic N) is 1. The van der Waals surface area contributed by atoms with Gasteiger partial charge in [0.25, 0.3) is 0 Å². The predicted octanol–water partition coefficient (Wildman–Crippen LogP) is 4.28. The molecule has 3 heteroatoms. The van der Waals surface area contributed by atoms with Crippen LogP contribution in [0.4, 0.5) is 0 Å². The molecule has 1 aromatic heterocycles. The van der Waals surface area contributed by atoms with Crippen molar-refractivity contribution in [1.82, 2.24) is 4.98 Å². The van der Waals surface area contributed by atoms with E-state index in [1.807, 2.05) is 12.1 Å². The second kappa shape index (κ2) is 5.47. The molecule has 0 radical (unpaired) electrons. The lowest BCUT2D eigenvalue weighted by molar-refractivity contribution is -0.136. The maximum absolute atomic E-state index is 11.2. The summed E-state index contributed by atoms with van der Waals surface area (Å²) in [4.78, 5) is 15.9. The first-order valence-electron chi connectivity index (χ1n) is 7.34. The molecule has 0 amide bonds. The standard InChI is InChI=1S/C18H23NO2/c1-11(2)12-6-7-15-14(8-12)13(10-17(20)21)9-16(19-15)18(3,4)5/h6-9,11H,10H2,1-5H3,(H,20,21). The van der Waals surface area contributed by atoms with Crippen LogP contribution in [0, 0.1) is 0 Å². The van der Waals surface area contributed by atoms with Gasteiger partial charge in [-0.3, -0.25) is 9.78 Å². The monoisotopic (exact) mass is 285 g/mol. The van der Waals surface area contributed by atoms with Crippen molar-refractivity contribution in [3.63, 3.8) is 0 Å². The summed E-state index contributed by atoms with van der Waals surface area (Å²) in [5.74, 6) is -0.397. The molecule has 0 saturated heterocycles. The number of carboxylic acid groups (broad SMARTS) is 1. The van der Waals surface area contributed by atoms with Crippen LogP contribution in [0.25, 0.3) is 10.9 Å². The molecule has 1 aromatic carbocycles. The van der Waals surface area contributed by atoms with Gasteiger partial charge in [0.2, 0.25) is 0 Å². The van der Waals surface area contributed by atoms with E-state index in [1.54, 1.807) is 0 Å². The molecule has 1 N–H and O–H groups in total. The Bertz CT molecular complexity index is 681. The molecule has 0 aliphatic rings. The fourth-order valence-electron chi connectivity index (χ4n) is 2.37. The van der Waals surface area contributed by atoms with E-state index in [0.29, 0.717) is 5.92 Å². The van der Waals surface area contributed by atoms with Crippen molar-refractivity contribution >= 4 is 16.9 Å². The number of aliphatic carboxylic acids is 1. The fraction of sp³-hybridized carbons (Fsp3) is 0.444. The molecule has 2 aromatic rings. The average molecular weight is 285 g/mol. The molecule has 2 rings (SSSR count). The van der Waals surface area contributed by atoms with E-state index in [4.69, 9.17) is 4.98 Å². The first-order chi connectivity index (χ1) is 9.68. The van der Waals surface area contributed by atoms with Crippen molar-refractivity contribution < 1.29 is 9.90 Å². The zero-order valence-electron chi connectivity index (χ0n) is 13.4. The molecule has 21 heavy (non-hydrogen) atoms. The molecule has 0 aliphatic carbocycles. The summed E-state index contributed by atoms with van der Waals surface area (Å²) >= 11 is 0. The third-order valence-electron chi connectivity index (χ3n) is 3.70. The van der Waals surface area contributed by atoms with Crippen LogP contribution in [0.15, 0.2) is 24.3 Å². The van der Waals surface area contributed by atoms with Gasteiger partial charge in [0.05, 0.1) is 11.9 Å². The Hall–Kier alpha value is -1.90. The summed E-state index contributed by atoms with van der Waals surface area (Å²) in [6.07, 6.45) is 0.0314. The number of benzene rings is 1. The van der Waals surface area contributed by atoms with Gasteiger partial charge in [0, 0.05) is 16.5 Å². The first-order valence-corrected chi connectivity index (χ1v) is 7.34. The molecule has 112 valence electrons. The van der Waals surface area contributed by atoms with E-state index >= 15 is 0 Å². The van der Waals surface area contributed by atoms with E-state index in [0.717, 1.165) is 22.2 Å². The Labute approximate surface area is 126 Å². The maximum Gasteiger partial charge on any atom is 0.307 e. The van der Waals surface area contributed by atoms with Crippen molar-refractivity contribution in [3.05, 3.63) is 41.1 Å². The van der Waals surface area contributed by atoms with Gasteiger partial charge in [-0.1, -0.05) is 40.7 Å². The number of carbonyl (C=O) groups is 1. The summed E-state index contributed by atoms with van der Waals surface area (Å²) in [7, 11) is 0. The quantitative estimate of drug-likeness (QED) is 0.915. The fourth-order valence-corrected chi connectivity index (χ4v) is 2.37. The number of rotatable bonds is 3. The summed E-state index contributed by atoms with van der Waals surface area (Å²) < 4.78 is 0. The Balaban J connectivity index is 2.71. The molecule has 0 fully saturated rings. The van der Waals surface area contributed by atoms with Crippen molar-refractivity contribution in [2.75, 3.05) is 0 Å². The molecule has 3 nitrogen and oxygen atoms in total. The first kappa shape index (κ1) is 15.5. The predicted molar refractivity (Wildman–Crippen MR) is 85.9 cm³/mol. The minimum atomic E-state index is -0.808. The van der Waals surface area contributed by atoms with E-state index in [1.165, 1.54) is 5.56 Å². The number of hydrogen-bond donors (Lipinski definition) is 1. The Morgan fingerprint density at radius 2 is 1.90 bits per heavy atom. The summed E-state index contributed by atoms with van der Waals surface area (Å²) in [6.45, 7) is 10.5. The molecule has 0 atom stereocenters. The topological polar surface area (TPSA) is 50.2 Å². The van der Waals surface area contributed by atoms with Crippen LogP contribution < -0.4 is 0 Å². The SMILES string of the molecule is CC(C)c1ccc2nc(C(C)(C)C)cc(CC(=O)O)c2c1. The molecular formula is C18H23NO2. The highest BCUT2D eigenvalue weighted by atomic mass is 16.4. The van der Waals surface area contributed by atoms with E-state index in [2.05, 4.69) is 46.8 Å². The van der Waals surface area contributed by atoms with Gasteiger partial charge in [-0.2, -0.15) is 0 Å². The van der Waals surface area contributed by atoms with Crippen molar-refractivity contribution in [2.45, 2.75) is 52.4 Å². The highest BCUT2D eigenvalue weighted by Crippen LogP contribution is 2.28. The number of aromatic nitrogens is 1. The second-order valence-corrected chi connectivity index (χ2v) is 6.92. The van der Waals surface area contributed by atoms with Gasteiger partial charge in [0.15, 0.2) is 0 Å². The van der Waals surface area contributed by atoms with Gasteiger partial charge < -0.3 is 5.11 Å². The van der Waals surface area contributed by atoms with Crippen LogP contribution in [-0.2, 0) is 16.6 Å². The highest BCUT2D eigenvalue weighted by Gasteiger charge is 2.19. The van der Waals surface area contributed by atoms with Crippen LogP contribution in [0.2, 0.25) is 0 Å². The Kier molecular flexibility index (Phi) is 4.04. The zero-order chi connectivity index (χ0) is 15.8. The molecular weight excluding hydrogens is 262 g/mol. The van der Waals surface area contributed by atoms with Crippen LogP contribution in [0.5, 0.6) is 0 Å². The zero-order valence-corrected chi connectivity index (χ0v) is 13.4. The van der Waals surface area contributed by atoms with Crippen LogP contribution in [0.3, 0.4) is 0 Å². The molecule has 0 saturated carbocycles. The van der Waals surface area contributed by atoms with Crippen molar-refractivity contribution in [3.8, 4) is 0 Å². The lowest BCUT2D eigenvalue weighted by Crippen LogP contribution is -2.15. The second-order valence-electron chi connectivity index (χ2n) is 6.92. The van der Waals surface area contributed by atoms with Crippen LogP contribution in [0.1, 0.15) is 57.4 Å². The summed E-state index contributed by atoms with van der Waals surface area (Å²) in [5, 5.41) is 10.1. The van der Waals surface area contributed by atoms with Gasteiger partial charge in [-0.05, 0) is 35.2 Å². The lowest BCUT2D eigenvalue weighted by Gasteiger charge is -2.20. The molecule has 0 aliphatic heterocycles. The summed E-state index contributed by atoms with van der Waals surface area (Å²) in [5.41, 5.74) is 3.77. The molecule has 0 unspecified atom stereocenters. The number of hydrogen-bond acceptors (Lipinski definition) is 2. The minimum Gasteiger partial charge on any atom is -0.481 e. The minimum absolute atomic E-state index is 0.0314.